The molecule has 4 heteroatoms. The van der Waals surface area contributed by atoms with Gasteiger partial charge >= 0.3 is 0 Å². The lowest BCUT2D eigenvalue weighted by Crippen LogP contribution is -2.10. The highest BCUT2D eigenvalue weighted by molar-refractivity contribution is 7.10. The first kappa shape index (κ1) is 11.2. The lowest BCUT2D eigenvalue weighted by molar-refractivity contribution is 0.654. The molecule has 1 N–H and O–H groups in total. The van der Waals surface area contributed by atoms with Gasteiger partial charge in [-0.3, -0.25) is 0 Å². The van der Waals surface area contributed by atoms with Gasteiger partial charge in [-0.1, -0.05) is 6.07 Å². The SMILES string of the molecule is CCNc1nc(C)cn1C(C)c1cccs1. The fourth-order valence-corrected chi connectivity index (χ4v) is 2.55. The monoisotopic (exact) mass is 235 g/mol. The van der Waals surface area contributed by atoms with Crippen molar-refractivity contribution in [3.8, 4) is 0 Å². The molecule has 0 aromatic carbocycles. The molecule has 0 saturated carbocycles. The molecule has 16 heavy (non-hydrogen) atoms. The predicted octanol–water partition coefficient (Wildman–Crippen LogP) is 3.29. The Hall–Kier alpha value is -1.29. The minimum absolute atomic E-state index is 0.343. The molecule has 0 aliphatic carbocycles. The van der Waals surface area contributed by atoms with Crippen LogP contribution in [0, 0.1) is 6.92 Å². The van der Waals surface area contributed by atoms with E-state index in [1.807, 2.05) is 6.92 Å². The van der Waals surface area contributed by atoms with E-state index < -0.39 is 0 Å². The molecule has 0 radical (unpaired) electrons. The minimum Gasteiger partial charge on any atom is -0.356 e. The Morgan fingerprint density at radius 1 is 1.56 bits per heavy atom. The lowest BCUT2D eigenvalue weighted by Gasteiger charge is -2.15. The maximum absolute atomic E-state index is 4.49. The third-order valence-electron chi connectivity index (χ3n) is 2.56. The minimum atomic E-state index is 0.343. The number of aryl methyl sites for hydroxylation is 1. The zero-order chi connectivity index (χ0) is 11.5. The molecule has 1 unspecified atom stereocenters. The Balaban J connectivity index is 2.32. The van der Waals surface area contributed by atoms with Gasteiger partial charge in [-0.05, 0) is 32.2 Å². The predicted molar refractivity (Wildman–Crippen MR) is 69.3 cm³/mol. The second-order valence-corrected chi connectivity index (χ2v) is 4.81. The number of thiophene rings is 1. The van der Waals surface area contributed by atoms with E-state index >= 15 is 0 Å². The van der Waals surface area contributed by atoms with E-state index in [1.165, 1.54) is 4.88 Å². The van der Waals surface area contributed by atoms with Gasteiger partial charge < -0.3 is 9.88 Å². The topological polar surface area (TPSA) is 29.9 Å². The summed E-state index contributed by atoms with van der Waals surface area (Å²) >= 11 is 1.79. The molecule has 0 fully saturated rings. The van der Waals surface area contributed by atoms with Crippen LogP contribution in [0.4, 0.5) is 5.95 Å². The molecule has 1 atom stereocenters. The van der Waals surface area contributed by atoms with E-state index in [-0.39, 0.29) is 0 Å². The second kappa shape index (κ2) is 4.70. The third-order valence-corrected chi connectivity index (χ3v) is 3.60. The Bertz CT molecular complexity index is 445. The second-order valence-electron chi connectivity index (χ2n) is 3.83. The van der Waals surface area contributed by atoms with Crippen LogP contribution in [-0.2, 0) is 0 Å². The van der Waals surface area contributed by atoms with Gasteiger partial charge in [-0.15, -0.1) is 11.3 Å². The van der Waals surface area contributed by atoms with Crippen molar-refractivity contribution in [3.63, 3.8) is 0 Å². The molecule has 86 valence electrons. The van der Waals surface area contributed by atoms with E-state index in [0.29, 0.717) is 6.04 Å². The summed E-state index contributed by atoms with van der Waals surface area (Å²) in [4.78, 5) is 5.85. The molecule has 0 aliphatic rings. The molecule has 0 spiro atoms. The fourth-order valence-electron chi connectivity index (χ4n) is 1.77. The molecule has 0 saturated heterocycles. The average Bonchev–Trinajstić information content (AvgIpc) is 2.87. The zero-order valence-electron chi connectivity index (χ0n) is 9.90. The van der Waals surface area contributed by atoms with Crippen molar-refractivity contribution in [3.05, 3.63) is 34.3 Å². The summed E-state index contributed by atoms with van der Waals surface area (Å²) in [6.45, 7) is 7.21. The first-order valence-corrected chi connectivity index (χ1v) is 6.43. The molecule has 0 amide bonds. The van der Waals surface area contributed by atoms with E-state index in [0.717, 1.165) is 18.2 Å². The Kier molecular flexibility index (Phi) is 3.29. The van der Waals surface area contributed by atoms with Crippen LogP contribution in [-0.4, -0.2) is 16.1 Å². The van der Waals surface area contributed by atoms with Crippen molar-refractivity contribution in [1.29, 1.82) is 0 Å². The van der Waals surface area contributed by atoms with Crippen LogP contribution in [0.25, 0.3) is 0 Å². The standard InChI is InChI=1S/C12H17N3S/c1-4-13-12-14-9(2)8-15(12)10(3)11-6-5-7-16-11/h5-8,10H,4H2,1-3H3,(H,13,14). The Labute approximate surface area is 100 Å². The summed E-state index contributed by atoms with van der Waals surface area (Å²) in [5, 5.41) is 5.41. The zero-order valence-corrected chi connectivity index (χ0v) is 10.7. The van der Waals surface area contributed by atoms with Gasteiger partial charge in [0.15, 0.2) is 0 Å². The number of nitrogens with zero attached hydrogens (tertiary/aromatic N) is 2. The molecule has 2 heterocycles. The summed E-state index contributed by atoms with van der Waals surface area (Å²) in [5.41, 5.74) is 1.05. The van der Waals surface area contributed by atoms with Gasteiger partial charge in [0, 0.05) is 17.6 Å². The van der Waals surface area contributed by atoms with E-state index in [1.54, 1.807) is 11.3 Å². The van der Waals surface area contributed by atoms with Gasteiger partial charge in [0.05, 0.1) is 11.7 Å². The largest absolute Gasteiger partial charge is 0.356 e. The number of anilines is 1. The molecular weight excluding hydrogens is 218 g/mol. The first-order valence-electron chi connectivity index (χ1n) is 5.55. The highest BCUT2D eigenvalue weighted by Crippen LogP contribution is 2.26. The molecule has 3 nitrogen and oxygen atoms in total. The lowest BCUT2D eigenvalue weighted by atomic mass is 10.3. The van der Waals surface area contributed by atoms with Gasteiger partial charge in [0.1, 0.15) is 0 Å². The van der Waals surface area contributed by atoms with Crippen LogP contribution in [0.3, 0.4) is 0 Å². The number of rotatable bonds is 4. The normalized spacial score (nSPS) is 12.7. The third kappa shape index (κ3) is 2.11. The van der Waals surface area contributed by atoms with E-state index in [4.69, 9.17) is 0 Å². The highest BCUT2D eigenvalue weighted by atomic mass is 32.1. The van der Waals surface area contributed by atoms with Gasteiger partial charge in [0.25, 0.3) is 0 Å². The van der Waals surface area contributed by atoms with Gasteiger partial charge in [-0.25, -0.2) is 4.98 Å². The van der Waals surface area contributed by atoms with Gasteiger partial charge in [0.2, 0.25) is 5.95 Å². The molecule has 2 aromatic rings. The number of hydrogen-bond acceptors (Lipinski definition) is 3. The molecule has 2 rings (SSSR count). The van der Waals surface area contributed by atoms with Crippen molar-refractivity contribution in [2.45, 2.75) is 26.8 Å². The maximum Gasteiger partial charge on any atom is 0.203 e. The fraction of sp³-hybridized carbons (Fsp3) is 0.417. The van der Waals surface area contributed by atoms with Crippen LogP contribution in [0.5, 0.6) is 0 Å². The number of hydrogen-bond donors (Lipinski definition) is 1. The maximum atomic E-state index is 4.49. The molecule has 0 bridgehead atoms. The van der Waals surface area contributed by atoms with Crippen molar-refractivity contribution in [1.82, 2.24) is 9.55 Å². The number of aromatic nitrogens is 2. The number of imidazole rings is 1. The number of nitrogens with one attached hydrogen (secondary N) is 1. The van der Waals surface area contributed by atoms with Crippen molar-refractivity contribution in [2.24, 2.45) is 0 Å². The Morgan fingerprint density at radius 2 is 2.38 bits per heavy atom. The van der Waals surface area contributed by atoms with Crippen molar-refractivity contribution >= 4 is 17.3 Å². The Morgan fingerprint density at radius 3 is 3.00 bits per heavy atom. The van der Waals surface area contributed by atoms with Crippen LogP contribution in [0.1, 0.15) is 30.5 Å². The van der Waals surface area contributed by atoms with Crippen LogP contribution in [0.15, 0.2) is 23.7 Å². The summed E-state index contributed by atoms with van der Waals surface area (Å²) < 4.78 is 2.20. The average molecular weight is 235 g/mol. The van der Waals surface area contributed by atoms with Gasteiger partial charge in [-0.2, -0.15) is 0 Å². The summed E-state index contributed by atoms with van der Waals surface area (Å²) in [5.74, 6) is 0.959. The molecule has 0 aliphatic heterocycles. The van der Waals surface area contributed by atoms with E-state index in [9.17, 15) is 0 Å². The summed E-state index contributed by atoms with van der Waals surface area (Å²) in [7, 11) is 0. The van der Waals surface area contributed by atoms with Crippen LogP contribution in [0.2, 0.25) is 0 Å². The van der Waals surface area contributed by atoms with Crippen LogP contribution < -0.4 is 5.32 Å². The van der Waals surface area contributed by atoms with Crippen LogP contribution >= 0.6 is 11.3 Å². The molecule has 2 aromatic heterocycles. The summed E-state index contributed by atoms with van der Waals surface area (Å²) in [6.07, 6.45) is 2.10. The highest BCUT2D eigenvalue weighted by Gasteiger charge is 2.13. The van der Waals surface area contributed by atoms with Crippen molar-refractivity contribution < 1.29 is 0 Å². The smallest absolute Gasteiger partial charge is 0.203 e. The van der Waals surface area contributed by atoms with Crippen molar-refractivity contribution in [2.75, 3.05) is 11.9 Å². The van der Waals surface area contributed by atoms with E-state index in [2.05, 4.69) is 52.4 Å². The summed E-state index contributed by atoms with van der Waals surface area (Å²) in [6, 6.07) is 4.60. The first-order chi connectivity index (χ1) is 7.72. The molecular formula is C12H17N3S. The quantitative estimate of drug-likeness (QED) is 0.881.